The van der Waals surface area contributed by atoms with E-state index in [4.69, 9.17) is 11.6 Å². The van der Waals surface area contributed by atoms with E-state index in [0.717, 1.165) is 41.9 Å². The van der Waals surface area contributed by atoms with Crippen LogP contribution in [0.3, 0.4) is 0 Å². The number of nitrogens with one attached hydrogen (secondary N) is 4. The molecule has 546 valence electrons. The molecular weight excluding hydrogens is 1260 g/mol. The minimum atomic E-state index is -4.35. The minimum absolute atomic E-state index is 0.0187. The van der Waals surface area contributed by atoms with Gasteiger partial charge in [0.1, 0.15) is 41.8 Å². The largest absolute Gasteiger partial charge is 0.391 e. The number of rotatable bonds is 13. The Labute approximate surface area is 574 Å². The molecule has 0 unspecified atom stereocenters. The molecule has 1 saturated heterocycles. The monoisotopic (exact) mass is 1380 g/mol. The summed E-state index contributed by atoms with van der Waals surface area (Å²) in [6.45, 7) is 11.3. The van der Waals surface area contributed by atoms with E-state index in [1.807, 2.05) is 34.6 Å². The Kier molecular flexibility index (Phi) is 31.1. The van der Waals surface area contributed by atoms with Crippen molar-refractivity contribution in [3.05, 3.63) is 0 Å². The van der Waals surface area contributed by atoms with Crippen LogP contribution in [0, 0.1) is 41.4 Å². The molecule has 4 aliphatic carbocycles. The molecule has 96 heavy (non-hydrogen) atoms. The number of nitrogens with zero attached hydrogens (tertiary/aromatic N) is 7. The number of carbonyl (C=O) groups excluding carboxylic acids is 11. The topological polar surface area (TPSA) is 259 Å². The van der Waals surface area contributed by atoms with Crippen molar-refractivity contribution in [3.8, 4) is 0 Å². The van der Waals surface area contributed by atoms with Gasteiger partial charge in [0.2, 0.25) is 65.0 Å². The van der Waals surface area contributed by atoms with Crippen LogP contribution in [0.2, 0.25) is 0 Å². The Morgan fingerprint density at radius 2 is 1.02 bits per heavy atom. The van der Waals surface area contributed by atoms with Gasteiger partial charge in [-0.1, -0.05) is 92.9 Å². The zero-order chi connectivity index (χ0) is 71.7. The van der Waals surface area contributed by atoms with Crippen LogP contribution in [0.1, 0.15) is 209 Å². The smallest absolute Gasteiger partial charge is 0.351 e. The maximum absolute atomic E-state index is 15.3. The Balaban J connectivity index is 1.57. The van der Waals surface area contributed by atoms with Gasteiger partial charge < -0.3 is 55.6 Å². The van der Waals surface area contributed by atoms with Crippen molar-refractivity contribution >= 4 is 76.6 Å². The lowest BCUT2D eigenvalue weighted by atomic mass is 9.79. The van der Waals surface area contributed by atoms with Gasteiger partial charge in [-0.25, -0.2) is 0 Å². The summed E-state index contributed by atoms with van der Waals surface area (Å²) < 4.78 is 41.5. The highest BCUT2D eigenvalue weighted by Crippen LogP contribution is 2.41. The molecule has 1 heterocycles. The van der Waals surface area contributed by atoms with Gasteiger partial charge in [0.05, 0.1) is 25.6 Å². The molecule has 0 aromatic heterocycles. The van der Waals surface area contributed by atoms with Crippen LogP contribution >= 0.6 is 11.6 Å². The SMILES string of the molecule is CC[C@H](C)[C@@H]1NC(=O)[C@H](CC2CCCCC2)N(C)C(=O)C[C@@H](C)NC(=O)[C@H](CC(C)C)N(C)C(=O)C2(CCCC2)NC(=O)[C@H](CC(C)C)N(C)C(=O)[C@H](CCC2CCC(C(F)(F)F)CC2)NC(=O)CN(C)C(=O)[C@H](CC2CCC(Cl)CC2)N(C)C(=O)CN(C)C(=O)CN(C)C1=O. The fraction of sp³-hybridized carbons (Fsp3) is 0.843. The van der Waals surface area contributed by atoms with Crippen molar-refractivity contribution in [1.82, 2.24) is 55.6 Å². The lowest BCUT2D eigenvalue weighted by Gasteiger charge is -2.39. The first-order valence-electron chi connectivity index (χ1n) is 35.7. The van der Waals surface area contributed by atoms with E-state index >= 15 is 14.4 Å². The maximum Gasteiger partial charge on any atom is 0.391 e. The summed E-state index contributed by atoms with van der Waals surface area (Å²) in [5.74, 6) is -8.92. The zero-order valence-corrected chi connectivity index (χ0v) is 60.8. The van der Waals surface area contributed by atoms with Crippen molar-refractivity contribution in [2.75, 3.05) is 69.0 Å². The van der Waals surface area contributed by atoms with Crippen molar-refractivity contribution in [2.24, 2.45) is 41.4 Å². The number of hydrogen-bond acceptors (Lipinski definition) is 11. The molecule has 26 heteroatoms. The Bertz CT molecular complexity index is 2660. The molecule has 5 rings (SSSR count). The van der Waals surface area contributed by atoms with Gasteiger partial charge in [-0.3, -0.25) is 52.7 Å². The third-order valence-electron chi connectivity index (χ3n) is 21.5. The molecule has 0 radical (unpaired) electrons. The molecule has 22 nitrogen and oxygen atoms in total. The van der Waals surface area contributed by atoms with Gasteiger partial charge >= 0.3 is 6.18 Å². The Morgan fingerprint density at radius 1 is 0.510 bits per heavy atom. The van der Waals surface area contributed by atoms with Crippen molar-refractivity contribution < 1.29 is 65.9 Å². The summed E-state index contributed by atoms with van der Waals surface area (Å²) in [4.78, 5) is 171. The van der Waals surface area contributed by atoms with Crippen molar-refractivity contribution in [3.63, 3.8) is 0 Å². The fourth-order valence-corrected chi connectivity index (χ4v) is 15.2. The first-order chi connectivity index (χ1) is 45.0. The highest BCUT2D eigenvalue weighted by Gasteiger charge is 2.49. The second-order valence-corrected chi connectivity index (χ2v) is 30.8. The first kappa shape index (κ1) is 80.9. The Hall–Kier alpha value is -5.75. The predicted molar refractivity (Wildman–Crippen MR) is 361 cm³/mol. The molecule has 5 aliphatic rings. The predicted octanol–water partition coefficient (Wildman–Crippen LogP) is 7.42. The van der Waals surface area contributed by atoms with Crippen LogP contribution < -0.4 is 21.3 Å². The van der Waals surface area contributed by atoms with E-state index < -0.39 is 150 Å². The average Bonchev–Trinajstić information content (AvgIpc) is 1.49. The summed E-state index contributed by atoms with van der Waals surface area (Å²) >= 11 is 6.51. The Morgan fingerprint density at radius 3 is 1.58 bits per heavy atom. The lowest BCUT2D eigenvalue weighted by molar-refractivity contribution is -0.184. The van der Waals surface area contributed by atoms with Gasteiger partial charge in [0, 0.05) is 67.2 Å². The van der Waals surface area contributed by atoms with Crippen molar-refractivity contribution in [1.29, 1.82) is 0 Å². The molecule has 1 spiro atoms. The van der Waals surface area contributed by atoms with E-state index in [2.05, 4.69) is 21.3 Å². The summed E-state index contributed by atoms with van der Waals surface area (Å²) in [6, 6.07) is -7.67. The fourth-order valence-electron chi connectivity index (χ4n) is 15.0. The van der Waals surface area contributed by atoms with Crippen LogP contribution in [0.5, 0.6) is 0 Å². The molecule has 0 bridgehead atoms. The standard InChI is InChI=1S/C70H117ClF3N11O11/c1-15-45(6)61-67(95)81(10)41-59(88)79(8)42-60(89)83(12)56(39-49-25-30-51(71)31-26-49)66(94)80(9)40-57(86)76-52(32-27-47-23-28-50(29-24-47)70(72,73)74)65(93)84(13)54(36-44(4)5)64(92)78-69(33-19-20-34-69)68(96)85(14)53(35-43(2)3)62(90)75-46(7)37-58(87)82(11)55(63(91)77-61)38-48-21-17-16-18-22-48/h43-56,61H,15-42H2,1-14H3,(H,75,90)(H,76,86)(H,77,91)(H,78,92)/t45-,46+,47?,49?,50?,51?,52-,53-,54-,55-,56-,61-/m0/s1. The van der Waals surface area contributed by atoms with Crippen LogP contribution in [0.25, 0.3) is 0 Å². The molecule has 0 aromatic rings. The van der Waals surface area contributed by atoms with E-state index in [1.165, 1.54) is 73.8 Å². The van der Waals surface area contributed by atoms with Gasteiger partial charge in [0.25, 0.3) is 0 Å². The molecule has 1 aliphatic heterocycles. The number of hydrogen-bond donors (Lipinski definition) is 4. The van der Waals surface area contributed by atoms with E-state index in [0.29, 0.717) is 51.4 Å². The third-order valence-corrected chi connectivity index (χ3v) is 21.9. The van der Waals surface area contributed by atoms with Crippen LogP contribution in [0.4, 0.5) is 13.2 Å². The number of halogens is 4. The number of alkyl halides is 4. The van der Waals surface area contributed by atoms with Gasteiger partial charge in [-0.05, 0) is 145 Å². The average molecular weight is 1380 g/mol. The number of carbonyl (C=O) groups is 11. The van der Waals surface area contributed by atoms with Crippen LogP contribution in [-0.4, -0.2) is 228 Å². The summed E-state index contributed by atoms with van der Waals surface area (Å²) in [5, 5.41) is 11.8. The number of amides is 11. The molecule has 4 saturated carbocycles. The summed E-state index contributed by atoms with van der Waals surface area (Å²) in [7, 11) is 10.2. The third kappa shape index (κ3) is 22.9. The summed E-state index contributed by atoms with van der Waals surface area (Å²) in [5.41, 5.74) is -1.50. The maximum atomic E-state index is 15.3. The van der Waals surface area contributed by atoms with Crippen LogP contribution in [-0.2, 0) is 52.7 Å². The second kappa shape index (κ2) is 36.9. The van der Waals surface area contributed by atoms with E-state index in [-0.39, 0.29) is 112 Å². The lowest BCUT2D eigenvalue weighted by Crippen LogP contribution is -2.64. The molecule has 4 N–H and O–H groups in total. The van der Waals surface area contributed by atoms with Gasteiger partial charge in [-0.2, -0.15) is 13.2 Å². The minimum Gasteiger partial charge on any atom is -0.351 e. The van der Waals surface area contributed by atoms with E-state index in [9.17, 15) is 51.5 Å². The number of likely N-dealkylation sites (N-methyl/N-ethyl adjacent to an activating group) is 7. The highest BCUT2D eigenvalue weighted by molar-refractivity contribution is 6.20. The van der Waals surface area contributed by atoms with Gasteiger partial charge in [-0.15, -0.1) is 11.6 Å². The normalized spacial score (nSPS) is 29.9. The molecular formula is C70H117ClF3N11O11. The zero-order valence-electron chi connectivity index (χ0n) is 60.1. The van der Waals surface area contributed by atoms with Crippen LogP contribution in [0.15, 0.2) is 0 Å². The quantitative estimate of drug-likeness (QED) is 0.132. The van der Waals surface area contributed by atoms with Gasteiger partial charge in [0.15, 0.2) is 0 Å². The van der Waals surface area contributed by atoms with Crippen molar-refractivity contribution in [2.45, 2.75) is 268 Å². The molecule has 0 aromatic carbocycles. The highest BCUT2D eigenvalue weighted by atomic mass is 35.5. The first-order valence-corrected chi connectivity index (χ1v) is 36.1. The summed E-state index contributed by atoms with van der Waals surface area (Å²) in [6.07, 6.45) is 6.13. The molecule has 5 fully saturated rings. The second-order valence-electron chi connectivity index (χ2n) is 30.1. The molecule has 11 amide bonds. The van der Waals surface area contributed by atoms with E-state index in [1.54, 1.807) is 13.8 Å². The molecule has 8 atom stereocenters.